The summed E-state index contributed by atoms with van der Waals surface area (Å²) < 4.78 is 19.7. The van der Waals surface area contributed by atoms with E-state index in [4.69, 9.17) is 4.74 Å². The minimum atomic E-state index is -0.449. The fourth-order valence-electron chi connectivity index (χ4n) is 3.68. The van der Waals surface area contributed by atoms with Crippen molar-refractivity contribution in [2.24, 2.45) is 0 Å². The Morgan fingerprint density at radius 1 is 1.17 bits per heavy atom. The topological polar surface area (TPSA) is 61.5 Å². The van der Waals surface area contributed by atoms with E-state index in [-0.39, 0.29) is 18.3 Å². The van der Waals surface area contributed by atoms with Gasteiger partial charge in [0.15, 0.2) is 11.6 Å². The molecule has 29 heavy (non-hydrogen) atoms. The smallest absolute Gasteiger partial charge is 0.325 e. The molecule has 1 saturated heterocycles. The van der Waals surface area contributed by atoms with Crippen LogP contribution in [0.15, 0.2) is 54.9 Å². The minimum absolute atomic E-state index is 0.145. The number of aromatic amines is 1. The van der Waals surface area contributed by atoms with Gasteiger partial charge in [-0.15, -0.1) is 0 Å². The highest BCUT2D eigenvalue weighted by Gasteiger charge is 2.43. The number of benzene rings is 2. The zero-order valence-electron chi connectivity index (χ0n) is 16.6. The number of hydrogen-bond acceptors (Lipinski definition) is 3. The summed E-state index contributed by atoms with van der Waals surface area (Å²) in [5.41, 5.74) is 2.80. The third-order valence-corrected chi connectivity index (χ3v) is 5.34. The van der Waals surface area contributed by atoms with Gasteiger partial charge in [-0.3, -0.25) is 10.00 Å². The summed E-state index contributed by atoms with van der Waals surface area (Å²) in [7, 11) is 1.43. The summed E-state index contributed by atoms with van der Waals surface area (Å²) in [5.74, 6) is -0.250. The molecule has 2 heterocycles. The first-order chi connectivity index (χ1) is 13.9. The second-order valence-corrected chi connectivity index (χ2v) is 7.73. The highest BCUT2D eigenvalue weighted by molar-refractivity contribution is 5.95. The number of H-pyrrole nitrogens is 1. The van der Waals surface area contributed by atoms with Gasteiger partial charge in [0.1, 0.15) is 0 Å². The van der Waals surface area contributed by atoms with E-state index >= 15 is 0 Å². The van der Waals surface area contributed by atoms with Crippen LogP contribution in [0.5, 0.6) is 5.75 Å². The third-order valence-electron chi connectivity index (χ3n) is 5.34. The molecule has 4 rings (SSSR count). The highest BCUT2D eigenvalue weighted by atomic mass is 19.1. The molecule has 0 radical (unpaired) electrons. The largest absolute Gasteiger partial charge is 0.494 e. The summed E-state index contributed by atoms with van der Waals surface area (Å²) in [6, 6.07) is 12.6. The van der Waals surface area contributed by atoms with E-state index in [1.165, 1.54) is 7.11 Å². The number of nitrogens with zero attached hydrogens (tertiary/aromatic N) is 3. The van der Waals surface area contributed by atoms with Crippen molar-refractivity contribution in [3.05, 3.63) is 66.2 Å². The standard InChI is InChI=1S/C22H23FN4O2/c1-22(2)14-26(18-9-7-15(8-10-18)17-11-24-25-12-17)21(28)27(22)13-16-5-4-6-19(29-3)20(16)23/h4-12H,13-14H2,1-3H3,(H,24,25). The fourth-order valence-corrected chi connectivity index (χ4v) is 3.68. The van der Waals surface area contributed by atoms with Crippen LogP contribution < -0.4 is 9.64 Å². The molecule has 6 nitrogen and oxygen atoms in total. The summed E-state index contributed by atoms with van der Waals surface area (Å²) in [5, 5.41) is 6.76. The molecule has 0 aliphatic carbocycles. The van der Waals surface area contributed by atoms with Gasteiger partial charge in [-0.25, -0.2) is 9.18 Å². The van der Waals surface area contributed by atoms with E-state index in [0.29, 0.717) is 12.1 Å². The molecular weight excluding hydrogens is 371 g/mol. The maximum atomic E-state index is 14.6. The SMILES string of the molecule is COc1cccc(CN2C(=O)N(c3ccc(-c4cn[nH]c4)cc3)CC2(C)C)c1F. The number of rotatable bonds is 5. The Balaban J connectivity index is 1.58. The monoisotopic (exact) mass is 394 g/mol. The molecule has 2 amide bonds. The van der Waals surface area contributed by atoms with Gasteiger partial charge in [0.2, 0.25) is 0 Å². The van der Waals surface area contributed by atoms with Crippen LogP contribution in [-0.2, 0) is 6.54 Å². The molecule has 150 valence electrons. The molecule has 2 aromatic carbocycles. The first kappa shape index (κ1) is 19.0. The van der Waals surface area contributed by atoms with Crippen LogP contribution in [0.3, 0.4) is 0 Å². The van der Waals surface area contributed by atoms with Crippen molar-refractivity contribution in [3.63, 3.8) is 0 Å². The van der Waals surface area contributed by atoms with Crippen LogP contribution in [0.25, 0.3) is 11.1 Å². The van der Waals surface area contributed by atoms with Gasteiger partial charge in [-0.05, 0) is 37.6 Å². The number of nitrogens with one attached hydrogen (secondary N) is 1. The predicted molar refractivity (Wildman–Crippen MR) is 109 cm³/mol. The number of aromatic nitrogens is 2. The van der Waals surface area contributed by atoms with Crippen LogP contribution in [0.2, 0.25) is 0 Å². The lowest BCUT2D eigenvalue weighted by molar-refractivity contribution is 0.171. The van der Waals surface area contributed by atoms with Crippen molar-refractivity contribution in [2.45, 2.75) is 25.9 Å². The number of hydrogen-bond donors (Lipinski definition) is 1. The molecule has 0 saturated carbocycles. The second kappa shape index (κ2) is 7.24. The fraction of sp³-hybridized carbons (Fsp3) is 0.273. The van der Waals surface area contributed by atoms with Crippen molar-refractivity contribution in [1.29, 1.82) is 0 Å². The number of carbonyl (C=O) groups excluding carboxylic acids is 1. The second-order valence-electron chi connectivity index (χ2n) is 7.73. The lowest BCUT2D eigenvalue weighted by Gasteiger charge is -2.29. The van der Waals surface area contributed by atoms with Gasteiger partial charge in [0, 0.05) is 23.0 Å². The van der Waals surface area contributed by atoms with Gasteiger partial charge in [0.05, 0.1) is 31.9 Å². The molecule has 0 atom stereocenters. The van der Waals surface area contributed by atoms with Gasteiger partial charge < -0.3 is 9.64 Å². The summed E-state index contributed by atoms with van der Waals surface area (Å²) in [6.07, 6.45) is 3.58. The van der Waals surface area contributed by atoms with Crippen LogP contribution in [0.4, 0.5) is 14.9 Å². The lowest BCUT2D eigenvalue weighted by Crippen LogP contribution is -2.41. The lowest BCUT2D eigenvalue weighted by atomic mass is 10.0. The molecule has 1 fully saturated rings. The number of ether oxygens (including phenoxy) is 1. The maximum absolute atomic E-state index is 14.6. The third kappa shape index (κ3) is 3.44. The Bertz CT molecular complexity index is 1020. The average Bonchev–Trinajstić information content (AvgIpc) is 3.32. The van der Waals surface area contributed by atoms with Gasteiger partial charge in [-0.2, -0.15) is 5.10 Å². The van der Waals surface area contributed by atoms with Crippen LogP contribution >= 0.6 is 0 Å². The zero-order valence-corrected chi connectivity index (χ0v) is 16.6. The van der Waals surface area contributed by atoms with Crippen LogP contribution in [0, 0.1) is 5.82 Å². The molecule has 1 aliphatic rings. The number of methoxy groups -OCH3 is 1. The van der Waals surface area contributed by atoms with E-state index in [1.54, 1.807) is 34.2 Å². The number of amides is 2. The summed E-state index contributed by atoms with van der Waals surface area (Å²) in [6.45, 7) is 4.67. The molecule has 0 spiro atoms. The number of anilines is 1. The van der Waals surface area contributed by atoms with Crippen LogP contribution in [-0.4, -0.2) is 40.3 Å². The summed E-state index contributed by atoms with van der Waals surface area (Å²) in [4.78, 5) is 16.6. The Kier molecular flexibility index (Phi) is 4.74. The first-order valence-electron chi connectivity index (χ1n) is 9.40. The van der Waals surface area contributed by atoms with E-state index in [1.807, 2.05) is 44.3 Å². The van der Waals surface area contributed by atoms with Crippen molar-refractivity contribution >= 4 is 11.7 Å². The Morgan fingerprint density at radius 2 is 1.93 bits per heavy atom. The Hall–Kier alpha value is -3.35. The molecule has 1 N–H and O–H groups in total. The van der Waals surface area contributed by atoms with E-state index in [9.17, 15) is 9.18 Å². The number of carbonyl (C=O) groups is 1. The molecule has 1 aromatic heterocycles. The van der Waals surface area contributed by atoms with E-state index in [0.717, 1.165) is 16.8 Å². The van der Waals surface area contributed by atoms with Crippen LogP contribution in [0.1, 0.15) is 19.4 Å². The van der Waals surface area contributed by atoms with Gasteiger partial charge >= 0.3 is 6.03 Å². The minimum Gasteiger partial charge on any atom is -0.494 e. The molecule has 0 bridgehead atoms. The predicted octanol–water partition coefficient (Wildman–Crippen LogP) is 4.45. The normalized spacial score (nSPS) is 15.8. The molecular formula is C22H23FN4O2. The van der Waals surface area contributed by atoms with E-state index in [2.05, 4.69) is 10.2 Å². The molecule has 7 heteroatoms. The first-order valence-corrected chi connectivity index (χ1v) is 9.40. The van der Waals surface area contributed by atoms with Gasteiger partial charge in [0.25, 0.3) is 0 Å². The quantitative estimate of drug-likeness (QED) is 0.696. The van der Waals surface area contributed by atoms with Crippen molar-refractivity contribution in [2.75, 3.05) is 18.6 Å². The maximum Gasteiger partial charge on any atom is 0.325 e. The average molecular weight is 394 g/mol. The Morgan fingerprint density at radius 3 is 2.59 bits per heavy atom. The highest BCUT2D eigenvalue weighted by Crippen LogP contribution is 2.34. The van der Waals surface area contributed by atoms with Gasteiger partial charge in [-0.1, -0.05) is 24.3 Å². The van der Waals surface area contributed by atoms with Crippen molar-refractivity contribution in [1.82, 2.24) is 15.1 Å². The molecule has 1 aliphatic heterocycles. The van der Waals surface area contributed by atoms with Crippen molar-refractivity contribution < 1.29 is 13.9 Å². The number of halogens is 1. The molecule has 0 unspecified atom stereocenters. The summed E-state index contributed by atoms with van der Waals surface area (Å²) >= 11 is 0. The molecule has 3 aromatic rings. The van der Waals surface area contributed by atoms with E-state index < -0.39 is 11.4 Å². The Labute approximate surface area is 168 Å². The van der Waals surface area contributed by atoms with Crippen molar-refractivity contribution in [3.8, 4) is 16.9 Å². The number of urea groups is 1. The zero-order chi connectivity index (χ0) is 20.6.